The molecule has 0 unspecified atom stereocenters. The molecule has 0 aliphatic heterocycles. The average molecular weight is 485 g/mol. The summed E-state index contributed by atoms with van der Waals surface area (Å²) in [7, 11) is -2.22. The van der Waals surface area contributed by atoms with Gasteiger partial charge in [-0.2, -0.15) is 0 Å². The number of hydrogen-bond acceptors (Lipinski definition) is 7. The van der Waals surface area contributed by atoms with Crippen molar-refractivity contribution in [2.24, 2.45) is 0 Å². The number of nitrogens with zero attached hydrogens (tertiary/aromatic N) is 2. The van der Waals surface area contributed by atoms with Gasteiger partial charge in [-0.1, -0.05) is 16.7 Å². The molecule has 2 N–H and O–H groups in total. The van der Waals surface area contributed by atoms with Crippen molar-refractivity contribution in [3.8, 4) is 17.2 Å². The largest absolute Gasteiger partial charge is 0.497 e. The standard InChI is InChI=1S/C22H17ClN4O5S/c1-31-18-10-4-15(5-11-18)21-25-26-22(32-21)24-20(28)14-2-8-17(9-3-14)27-33(29,30)19-12-6-16(23)7-13-19/h2-13,27H,1H3,(H,24,26,28). The highest BCUT2D eigenvalue weighted by molar-refractivity contribution is 7.92. The van der Waals surface area contributed by atoms with Crippen LogP contribution in [0.1, 0.15) is 10.4 Å². The molecule has 0 fully saturated rings. The Labute approximate surface area is 194 Å². The van der Waals surface area contributed by atoms with Gasteiger partial charge < -0.3 is 9.15 Å². The molecule has 0 spiro atoms. The molecule has 4 rings (SSSR count). The highest BCUT2D eigenvalue weighted by Crippen LogP contribution is 2.23. The molecule has 168 valence electrons. The smallest absolute Gasteiger partial charge is 0.322 e. The Morgan fingerprint density at radius 3 is 2.24 bits per heavy atom. The summed E-state index contributed by atoms with van der Waals surface area (Å²) in [6, 6.07) is 18.6. The molecule has 0 aliphatic rings. The van der Waals surface area contributed by atoms with Crippen LogP contribution in [0.15, 0.2) is 82.1 Å². The number of aromatic nitrogens is 2. The number of rotatable bonds is 7. The minimum Gasteiger partial charge on any atom is -0.497 e. The van der Waals surface area contributed by atoms with Crippen LogP contribution in [0, 0.1) is 0 Å². The van der Waals surface area contributed by atoms with Gasteiger partial charge in [0, 0.05) is 21.8 Å². The van der Waals surface area contributed by atoms with Crippen LogP contribution in [0.4, 0.5) is 11.7 Å². The van der Waals surface area contributed by atoms with Gasteiger partial charge in [-0.15, -0.1) is 5.10 Å². The fourth-order valence-corrected chi connectivity index (χ4v) is 4.00. The summed E-state index contributed by atoms with van der Waals surface area (Å²) >= 11 is 5.80. The lowest BCUT2D eigenvalue weighted by Gasteiger charge is -2.09. The third kappa shape index (κ3) is 5.30. The lowest BCUT2D eigenvalue weighted by Crippen LogP contribution is -2.14. The number of carbonyl (C=O) groups excluding carboxylic acids is 1. The molecule has 0 atom stereocenters. The van der Waals surface area contributed by atoms with Gasteiger partial charge in [0.15, 0.2) is 0 Å². The van der Waals surface area contributed by atoms with Gasteiger partial charge in [0.05, 0.1) is 12.0 Å². The van der Waals surface area contributed by atoms with E-state index < -0.39 is 15.9 Å². The van der Waals surface area contributed by atoms with E-state index in [0.29, 0.717) is 22.0 Å². The van der Waals surface area contributed by atoms with E-state index in [1.807, 2.05) is 0 Å². The third-order valence-electron chi connectivity index (χ3n) is 4.51. The second-order valence-corrected chi connectivity index (χ2v) is 8.85. The van der Waals surface area contributed by atoms with Gasteiger partial charge >= 0.3 is 6.01 Å². The number of amides is 1. The van der Waals surface area contributed by atoms with Crippen molar-refractivity contribution in [2.75, 3.05) is 17.1 Å². The quantitative estimate of drug-likeness (QED) is 0.397. The molecule has 1 amide bonds. The number of nitrogens with one attached hydrogen (secondary N) is 2. The second-order valence-electron chi connectivity index (χ2n) is 6.73. The van der Waals surface area contributed by atoms with E-state index in [9.17, 15) is 13.2 Å². The van der Waals surface area contributed by atoms with E-state index in [-0.39, 0.29) is 22.4 Å². The summed E-state index contributed by atoms with van der Waals surface area (Å²) in [6.07, 6.45) is 0. The second kappa shape index (κ2) is 9.31. The molecule has 0 saturated heterocycles. The van der Waals surface area contributed by atoms with Crippen LogP contribution in [0.25, 0.3) is 11.5 Å². The van der Waals surface area contributed by atoms with Crippen molar-refractivity contribution in [1.29, 1.82) is 0 Å². The first kappa shape index (κ1) is 22.3. The molecule has 1 aromatic heterocycles. The molecule has 0 radical (unpaired) electrons. The molecular formula is C22H17ClN4O5S. The van der Waals surface area contributed by atoms with E-state index in [0.717, 1.165) is 0 Å². The van der Waals surface area contributed by atoms with Gasteiger partial charge in [-0.05, 0) is 72.8 Å². The first-order valence-electron chi connectivity index (χ1n) is 9.52. The summed E-state index contributed by atoms with van der Waals surface area (Å²) in [4.78, 5) is 12.6. The third-order valence-corrected chi connectivity index (χ3v) is 6.15. The number of halogens is 1. The Bertz CT molecular complexity index is 1370. The molecule has 4 aromatic rings. The minimum atomic E-state index is -3.79. The summed E-state index contributed by atoms with van der Waals surface area (Å²) in [5, 5.41) is 10.7. The molecule has 9 nitrogen and oxygen atoms in total. The Balaban J connectivity index is 1.41. The number of hydrogen-bond donors (Lipinski definition) is 2. The zero-order valence-electron chi connectivity index (χ0n) is 17.2. The highest BCUT2D eigenvalue weighted by atomic mass is 35.5. The summed E-state index contributed by atoms with van der Waals surface area (Å²) < 4.78 is 38.0. The predicted molar refractivity (Wildman–Crippen MR) is 123 cm³/mol. The van der Waals surface area contributed by atoms with Crippen LogP contribution in [0.2, 0.25) is 5.02 Å². The first-order chi connectivity index (χ1) is 15.8. The fraction of sp³-hybridized carbons (Fsp3) is 0.0455. The number of sulfonamides is 1. The molecule has 0 aliphatic carbocycles. The van der Waals surface area contributed by atoms with Gasteiger partial charge in [0.25, 0.3) is 15.9 Å². The average Bonchev–Trinajstić information content (AvgIpc) is 3.28. The minimum absolute atomic E-state index is 0.0674. The Hall–Kier alpha value is -3.89. The van der Waals surface area contributed by atoms with E-state index in [1.165, 1.54) is 48.5 Å². The van der Waals surface area contributed by atoms with Gasteiger partial charge in [-0.3, -0.25) is 14.8 Å². The SMILES string of the molecule is COc1ccc(-c2nnc(NC(=O)c3ccc(NS(=O)(=O)c4ccc(Cl)cc4)cc3)o2)cc1. The first-order valence-corrected chi connectivity index (χ1v) is 11.4. The van der Waals surface area contributed by atoms with Crippen molar-refractivity contribution < 1.29 is 22.4 Å². The molecule has 33 heavy (non-hydrogen) atoms. The molecule has 11 heteroatoms. The van der Waals surface area contributed by atoms with Crippen molar-refractivity contribution in [1.82, 2.24) is 10.2 Å². The Morgan fingerprint density at radius 1 is 0.939 bits per heavy atom. The Morgan fingerprint density at radius 2 is 1.61 bits per heavy atom. The zero-order chi connectivity index (χ0) is 23.4. The fourth-order valence-electron chi connectivity index (χ4n) is 2.81. The number of carbonyl (C=O) groups is 1. The maximum Gasteiger partial charge on any atom is 0.322 e. The van der Waals surface area contributed by atoms with E-state index in [2.05, 4.69) is 20.2 Å². The van der Waals surface area contributed by atoms with Crippen LogP contribution in [-0.4, -0.2) is 31.6 Å². The van der Waals surface area contributed by atoms with E-state index in [4.69, 9.17) is 20.8 Å². The van der Waals surface area contributed by atoms with Crippen molar-refractivity contribution in [2.45, 2.75) is 4.90 Å². The maximum atomic E-state index is 12.5. The maximum absolute atomic E-state index is 12.5. The van der Waals surface area contributed by atoms with Crippen LogP contribution in [-0.2, 0) is 10.0 Å². The normalized spacial score (nSPS) is 11.1. The number of benzene rings is 3. The predicted octanol–water partition coefficient (Wildman–Crippen LogP) is 4.45. The zero-order valence-corrected chi connectivity index (χ0v) is 18.7. The van der Waals surface area contributed by atoms with Crippen LogP contribution >= 0.6 is 11.6 Å². The van der Waals surface area contributed by atoms with Crippen molar-refractivity contribution >= 4 is 39.2 Å². The summed E-state index contributed by atoms with van der Waals surface area (Å²) in [5.41, 5.74) is 1.23. The molecule has 0 bridgehead atoms. The van der Waals surface area contributed by atoms with Crippen molar-refractivity contribution in [3.63, 3.8) is 0 Å². The summed E-state index contributed by atoms with van der Waals surface area (Å²) in [5.74, 6) is 0.428. The van der Waals surface area contributed by atoms with Crippen LogP contribution < -0.4 is 14.8 Å². The molecule has 0 saturated carbocycles. The highest BCUT2D eigenvalue weighted by Gasteiger charge is 2.16. The lowest BCUT2D eigenvalue weighted by atomic mass is 10.2. The van der Waals surface area contributed by atoms with Gasteiger partial charge in [-0.25, -0.2) is 8.42 Å². The number of ether oxygens (including phenoxy) is 1. The lowest BCUT2D eigenvalue weighted by molar-refractivity contribution is 0.102. The van der Waals surface area contributed by atoms with E-state index in [1.54, 1.807) is 31.4 Å². The van der Waals surface area contributed by atoms with Crippen LogP contribution in [0.3, 0.4) is 0 Å². The van der Waals surface area contributed by atoms with Gasteiger partial charge in [0.2, 0.25) is 5.89 Å². The van der Waals surface area contributed by atoms with Crippen LogP contribution in [0.5, 0.6) is 5.75 Å². The van der Waals surface area contributed by atoms with Crippen molar-refractivity contribution in [3.05, 3.63) is 83.4 Å². The number of methoxy groups -OCH3 is 1. The molecule has 1 heterocycles. The monoisotopic (exact) mass is 484 g/mol. The Kier molecular flexibility index (Phi) is 6.29. The summed E-state index contributed by atoms with van der Waals surface area (Å²) in [6.45, 7) is 0. The molecule has 3 aromatic carbocycles. The number of anilines is 2. The van der Waals surface area contributed by atoms with Gasteiger partial charge in [0.1, 0.15) is 5.75 Å². The topological polar surface area (TPSA) is 123 Å². The van der Waals surface area contributed by atoms with E-state index >= 15 is 0 Å². The molecular weight excluding hydrogens is 468 g/mol.